The van der Waals surface area contributed by atoms with Gasteiger partial charge in [0.2, 0.25) is 0 Å². The highest BCUT2D eigenvalue weighted by molar-refractivity contribution is 5.72. The molecule has 24 heavy (non-hydrogen) atoms. The van der Waals surface area contributed by atoms with Crippen LogP contribution in [0.3, 0.4) is 0 Å². The van der Waals surface area contributed by atoms with Crippen LogP contribution in [0.4, 0.5) is 4.79 Å². The number of hydrogen-bond acceptors (Lipinski definition) is 6. The molecular formula is C16H23NO7. The lowest BCUT2D eigenvalue weighted by Crippen LogP contribution is -2.34. The van der Waals surface area contributed by atoms with Gasteiger partial charge in [-0.15, -0.1) is 0 Å². The number of benzene rings is 1. The van der Waals surface area contributed by atoms with Crippen LogP contribution in [0.2, 0.25) is 0 Å². The number of hydrogen-bond donors (Lipinski definition) is 2. The van der Waals surface area contributed by atoms with E-state index in [0.29, 0.717) is 22.8 Å². The average molecular weight is 341 g/mol. The largest absolute Gasteiger partial charge is 0.493 e. The summed E-state index contributed by atoms with van der Waals surface area (Å²) >= 11 is 0. The second-order valence-corrected chi connectivity index (χ2v) is 5.86. The van der Waals surface area contributed by atoms with E-state index in [-0.39, 0.29) is 13.2 Å². The summed E-state index contributed by atoms with van der Waals surface area (Å²) in [7, 11) is 2.86. The molecule has 0 aromatic heterocycles. The minimum Gasteiger partial charge on any atom is -0.493 e. The molecule has 0 radical (unpaired) electrons. The Labute approximate surface area is 140 Å². The van der Waals surface area contributed by atoms with Gasteiger partial charge in [0.25, 0.3) is 0 Å². The smallest absolute Gasteiger partial charge is 0.410 e. The summed E-state index contributed by atoms with van der Waals surface area (Å²) in [6.07, 6.45) is -0.871. The van der Waals surface area contributed by atoms with Crippen LogP contribution in [0.5, 0.6) is 17.2 Å². The summed E-state index contributed by atoms with van der Waals surface area (Å²) in [5, 5.41) is 11.4. The third-order valence-corrected chi connectivity index (χ3v) is 2.73. The normalized spacial score (nSPS) is 10.7. The molecule has 0 fully saturated rings. The minimum atomic E-state index is -1.01. The van der Waals surface area contributed by atoms with Gasteiger partial charge in [0.15, 0.2) is 18.2 Å². The van der Waals surface area contributed by atoms with Gasteiger partial charge in [0.1, 0.15) is 11.4 Å². The van der Waals surface area contributed by atoms with Crippen molar-refractivity contribution in [2.24, 2.45) is 0 Å². The molecule has 0 atom stereocenters. The molecule has 0 bridgehead atoms. The molecular weight excluding hydrogens is 318 g/mol. The molecule has 2 N–H and O–H groups in total. The van der Waals surface area contributed by atoms with Gasteiger partial charge in [0, 0.05) is 11.6 Å². The lowest BCUT2D eigenvalue weighted by molar-refractivity contribution is -0.136. The molecule has 0 unspecified atom stereocenters. The molecule has 0 saturated heterocycles. The number of methoxy groups -OCH3 is 2. The Balaban J connectivity index is 2.81. The number of amides is 1. The first-order valence-corrected chi connectivity index (χ1v) is 7.22. The van der Waals surface area contributed by atoms with Crippen molar-refractivity contribution in [3.05, 3.63) is 17.7 Å². The van der Waals surface area contributed by atoms with Gasteiger partial charge in [-0.1, -0.05) is 0 Å². The van der Waals surface area contributed by atoms with E-state index in [0.717, 1.165) is 0 Å². The van der Waals surface area contributed by atoms with E-state index in [1.54, 1.807) is 26.8 Å². The van der Waals surface area contributed by atoms with E-state index in [9.17, 15) is 9.59 Å². The van der Waals surface area contributed by atoms with E-state index in [4.69, 9.17) is 24.1 Å². The van der Waals surface area contributed by atoms with E-state index < -0.39 is 17.7 Å². The number of ether oxygens (including phenoxy) is 4. The molecule has 134 valence electrons. The lowest BCUT2D eigenvalue weighted by Gasteiger charge is -2.20. The fourth-order valence-electron chi connectivity index (χ4n) is 1.89. The molecule has 1 rings (SSSR count). The first-order valence-electron chi connectivity index (χ1n) is 7.22. The van der Waals surface area contributed by atoms with E-state index >= 15 is 0 Å². The highest BCUT2D eigenvalue weighted by Crippen LogP contribution is 2.35. The number of carboxylic acids is 1. The van der Waals surface area contributed by atoms with Crippen molar-refractivity contribution in [2.75, 3.05) is 21.0 Å². The van der Waals surface area contributed by atoms with Crippen LogP contribution in [0.25, 0.3) is 0 Å². The van der Waals surface area contributed by atoms with Gasteiger partial charge < -0.3 is 24.1 Å². The van der Waals surface area contributed by atoms with E-state index in [2.05, 4.69) is 5.32 Å². The predicted molar refractivity (Wildman–Crippen MR) is 85.8 cm³/mol. The van der Waals surface area contributed by atoms with Crippen molar-refractivity contribution in [2.45, 2.75) is 32.8 Å². The Hall–Kier alpha value is -2.64. The second-order valence-electron chi connectivity index (χ2n) is 5.86. The van der Waals surface area contributed by atoms with Gasteiger partial charge >= 0.3 is 12.1 Å². The number of aliphatic carboxylic acids is 1. The number of nitrogens with one attached hydrogen (secondary N) is 1. The van der Waals surface area contributed by atoms with Crippen molar-refractivity contribution >= 4 is 12.1 Å². The topological polar surface area (TPSA) is 103 Å². The van der Waals surface area contributed by atoms with Gasteiger partial charge in [-0.05, 0) is 26.8 Å². The molecule has 1 amide bonds. The maximum absolute atomic E-state index is 11.5. The summed E-state index contributed by atoms with van der Waals surface area (Å²) < 4.78 is 20.9. The highest BCUT2D eigenvalue weighted by Gasteiger charge is 2.17. The molecule has 0 aliphatic carbocycles. The van der Waals surface area contributed by atoms with Crippen LogP contribution >= 0.6 is 0 Å². The van der Waals surface area contributed by atoms with Crippen LogP contribution in [-0.2, 0) is 16.0 Å². The Morgan fingerprint density at radius 3 is 2.33 bits per heavy atom. The first-order chi connectivity index (χ1) is 11.2. The highest BCUT2D eigenvalue weighted by atomic mass is 16.6. The minimum absolute atomic E-state index is 0.142. The van der Waals surface area contributed by atoms with Gasteiger partial charge in [0.05, 0.1) is 20.6 Å². The van der Waals surface area contributed by atoms with E-state index in [1.807, 2.05) is 0 Å². The Morgan fingerprint density at radius 1 is 1.17 bits per heavy atom. The molecule has 0 saturated carbocycles. The zero-order chi connectivity index (χ0) is 18.3. The fraction of sp³-hybridized carbons (Fsp3) is 0.500. The summed E-state index contributed by atoms with van der Waals surface area (Å²) in [5.41, 5.74) is -0.209. The molecule has 8 nitrogen and oxygen atoms in total. The van der Waals surface area contributed by atoms with Crippen LogP contribution < -0.4 is 19.5 Å². The van der Waals surface area contributed by atoms with Crippen LogP contribution in [-0.4, -0.2) is 43.7 Å². The van der Waals surface area contributed by atoms with Gasteiger partial charge in [-0.3, -0.25) is 10.1 Å². The molecule has 8 heteroatoms. The van der Waals surface area contributed by atoms with Crippen molar-refractivity contribution in [3.8, 4) is 17.2 Å². The van der Waals surface area contributed by atoms with Crippen molar-refractivity contribution in [3.63, 3.8) is 0 Å². The number of rotatable bonds is 7. The van der Waals surface area contributed by atoms with Crippen LogP contribution in [0, 0.1) is 0 Å². The summed E-state index contributed by atoms with van der Waals surface area (Å²) in [6.45, 7) is 5.11. The summed E-state index contributed by atoms with van der Waals surface area (Å²) in [4.78, 5) is 22.5. The number of alkyl carbamates (subject to hydrolysis) is 1. The fourth-order valence-corrected chi connectivity index (χ4v) is 1.89. The molecule has 1 aromatic rings. The maximum atomic E-state index is 11.5. The van der Waals surface area contributed by atoms with Crippen molar-refractivity contribution in [1.82, 2.24) is 5.32 Å². The molecule has 0 aliphatic heterocycles. The molecule has 0 aliphatic rings. The first kappa shape index (κ1) is 19.4. The Kier molecular flexibility index (Phi) is 6.69. The number of carboxylic acid groups (broad SMARTS) is 1. The Morgan fingerprint density at radius 2 is 1.83 bits per heavy atom. The second kappa shape index (κ2) is 8.28. The van der Waals surface area contributed by atoms with Crippen LogP contribution in [0.15, 0.2) is 12.1 Å². The van der Waals surface area contributed by atoms with Crippen molar-refractivity contribution in [1.29, 1.82) is 0 Å². The third kappa shape index (κ3) is 6.23. The monoisotopic (exact) mass is 341 g/mol. The zero-order valence-electron chi connectivity index (χ0n) is 14.5. The number of carbonyl (C=O) groups excluding carboxylic acids is 1. The number of carbonyl (C=O) groups is 2. The van der Waals surface area contributed by atoms with Gasteiger partial charge in [-0.2, -0.15) is 0 Å². The SMILES string of the molecule is COc1cc(OCNC(=O)OC(C)(C)C)cc(CC(=O)O)c1OC. The summed E-state index contributed by atoms with van der Waals surface area (Å²) in [5.74, 6) is -0.0183. The third-order valence-electron chi connectivity index (χ3n) is 2.73. The lowest BCUT2D eigenvalue weighted by atomic mass is 10.1. The summed E-state index contributed by atoms with van der Waals surface area (Å²) in [6, 6.07) is 3.06. The zero-order valence-corrected chi connectivity index (χ0v) is 14.5. The molecule has 0 heterocycles. The average Bonchev–Trinajstić information content (AvgIpc) is 2.44. The standard InChI is InChI=1S/C16H23NO7/c1-16(2,3)24-15(20)17-9-23-11-6-10(7-13(18)19)14(22-5)12(8-11)21-4/h6,8H,7,9H2,1-5H3,(H,17,20)(H,18,19). The van der Waals surface area contributed by atoms with Crippen LogP contribution in [0.1, 0.15) is 26.3 Å². The molecule has 1 aromatic carbocycles. The van der Waals surface area contributed by atoms with E-state index in [1.165, 1.54) is 20.3 Å². The maximum Gasteiger partial charge on any atom is 0.410 e. The predicted octanol–water partition coefficient (Wildman–Crippen LogP) is 2.19. The van der Waals surface area contributed by atoms with Gasteiger partial charge in [-0.25, -0.2) is 4.79 Å². The Bertz CT molecular complexity index is 593. The quantitative estimate of drug-likeness (QED) is 0.733. The molecule has 0 spiro atoms. The van der Waals surface area contributed by atoms with Crippen molar-refractivity contribution < 1.29 is 33.6 Å².